The molecule has 0 amide bonds. The maximum Gasteiger partial charge on any atom is 0.0165 e. The molecule has 0 unspecified atom stereocenters. The minimum Gasteiger partial charge on any atom is -0.0622 e. The molecule has 0 nitrogen and oxygen atoms in total. The maximum atomic E-state index is 2.42. The lowest BCUT2D eigenvalue weighted by molar-refractivity contribution is 0.663. The third kappa shape index (κ3) is 3.06. The Hall–Kier alpha value is -4.68. The highest BCUT2D eigenvalue weighted by molar-refractivity contribution is 6.24. The largest absolute Gasteiger partial charge is 0.0622 e. The van der Waals surface area contributed by atoms with Gasteiger partial charge in [-0.3, -0.25) is 0 Å². The molecule has 0 atom stereocenters. The molecule has 1 aliphatic rings. The highest BCUT2D eigenvalue weighted by atomic mass is 14.4. The molecule has 0 N–H and O–H groups in total. The Labute approximate surface area is 229 Å². The van der Waals surface area contributed by atoms with Crippen LogP contribution in [-0.2, 0) is 5.41 Å². The normalized spacial score (nSPS) is 13.6. The van der Waals surface area contributed by atoms with E-state index in [0.29, 0.717) is 0 Å². The molecule has 7 aromatic rings. The Bertz CT molecular complexity index is 2020. The summed E-state index contributed by atoms with van der Waals surface area (Å²) in [6.07, 6.45) is 0. The molecule has 184 valence electrons. The summed E-state index contributed by atoms with van der Waals surface area (Å²) in [4.78, 5) is 0. The minimum absolute atomic E-state index is 0.119. The zero-order chi connectivity index (χ0) is 26.1. The van der Waals surface area contributed by atoms with E-state index in [0.717, 1.165) is 0 Å². The summed E-state index contributed by atoms with van der Waals surface area (Å²) in [6, 6.07) is 49.2. The van der Waals surface area contributed by atoms with Crippen LogP contribution in [0.2, 0.25) is 0 Å². The third-order valence-electron chi connectivity index (χ3n) is 8.81. The number of hydrogen-bond donors (Lipinski definition) is 0. The lowest BCUT2D eigenvalue weighted by Crippen LogP contribution is -2.16. The van der Waals surface area contributed by atoms with Gasteiger partial charge in [0.15, 0.2) is 0 Å². The quantitative estimate of drug-likeness (QED) is 0.209. The van der Waals surface area contributed by atoms with E-state index in [1.165, 1.54) is 76.8 Å². The first-order valence-corrected chi connectivity index (χ1v) is 13.8. The van der Waals surface area contributed by atoms with Crippen molar-refractivity contribution in [3.63, 3.8) is 0 Å². The molecule has 0 heterocycles. The van der Waals surface area contributed by atoms with Crippen LogP contribution in [0.5, 0.6) is 0 Å². The van der Waals surface area contributed by atoms with E-state index in [1.54, 1.807) is 0 Å². The number of benzene rings is 7. The molecule has 0 fully saturated rings. The van der Waals surface area contributed by atoms with Gasteiger partial charge in [0.2, 0.25) is 0 Å². The highest BCUT2D eigenvalue weighted by Gasteiger charge is 2.39. The van der Waals surface area contributed by atoms with Crippen LogP contribution in [0.3, 0.4) is 0 Å². The van der Waals surface area contributed by atoms with Gasteiger partial charge in [-0.05, 0) is 82.9 Å². The van der Waals surface area contributed by atoms with Crippen molar-refractivity contribution in [3.05, 3.63) is 145 Å². The predicted octanol–water partition coefficient (Wildman–Crippen LogP) is 10.8. The van der Waals surface area contributed by atoms with E-state index in [9.17, 15) is 0 Å². The summed E-state index contributed by atoms with van der Waals surface area (Å²) in [5, 5.41) is 7.82. The van der Waals surface area contributed by atoms with Crippen molar-refractivity contribution in [2.45, 2.75) is 19.3 Å². The van der Waals surface area contributed by atoms with Gasteiger partial charge in [0.1, 0.15) is 0 Å². The molecule has 0 aliphatic heterocycles. The van der Waals surface area contributed by atoms with Gasteiger partial charge in [-0.15, -0.1) is 0 Å². The van der Waals surface area contributed by atoms with Gasteiger partial charge in [-0.25, -0.2) is 0 Å². The molecule has 39 heavy (non-hydrogen) atoms. The second kappa shape index (κ2) is 8.16. The predicted molar refractivity (Wildman–Crippen MR) is 167 cm³/mol. The number of fused-ring (bicyclic) bond motifs is 6. The van der Waals surface area contributed by atoms with E-state index in [1.807, 2.05) is 0 Å². The van der Waals surface area contributed by atoms with E-state index in [2.05, 4.69) is 147 Å². The van der Waals surface area contributed by atoms with E-state index in [4.69, 9.17) is 0 Å². The van der Waals surface area contributed by atoms with E-state index in [-0.39, 0.29) is 5.41 Å². The van der Waals surface area contributed by atoms with Crippen LogP contribution in [0.1, 0.15) is 25.0 Å². The molecule has 1 aliphatic carbocycles. The summed E-state index contributed by atoms with van der Waals surface area (Å²) >= 11 is 0. The van der Waals surface area contributed by atoms with Crippen molar-refractivity contribution >= 4 is 32.3 Å². The van der Waals surface area contributed by atoms with Crippen molar-refractivity contribution in [1.82, 2.24) is 0 Å². The summed E-state index contributed by atoms with van der Waals surface area (Å²) in [5.41, 5.74) is 10.7. The van der Waals surface area contributed by atoms with Crippen LogP contribution in [0, 0.1) is 0 Å². The molecule has 0 aromatic heterocycles. The Balaban J connectivity index is 1.63. The first kappa shape index (κ1) is 22.3. The summed E-state index contributed by atoms with van der Waals surface area (Å²) < 4.78 is 0. The van der Waals surface area contributed by atoms with E-state index < -0.39 is 0 Å². The molecule has 0 spiro atoms. The van der Waals surface area contributed by atoms with Crippen LogP contribution in [-0.4, -0.2) is 0 Å². The molecule has 0 radical (unpaired) electrons. The van der Waals surface area contributed by atoms with Crippen LogP contribution >= 0.6 is 0 Å². The lowest BCUT2D eigenvalue weighted by Gasteiger charge is -2.27. The van der Waals surface area contributed by atoms with E-state index >= 15 is 0 Å². The van der Waals surface area contributed by atoms with Crippen molar-refractivity contribution in [1.29, 1.82) is 0 Å². The smallest absolute Gasteiger partial charge is 0.0165 e. The van der Waals surface area contributed by atoms with Gasteiger partial charge in [0, 0.05) is 5.41 Å². The van der Waals surface area contributed by atoms with Crippen molar-refractivity contribution in [2.75, 3.05) is 0 Å². The Kier molecular flexibility index (Phi) is 4.67. The minimum atomic E-state index is -0.119. The van der Waals surface area contributed by atoms with Crippen LogP contribution in [0.25, 0.3) is 65.7 Å². The highest BCUT2D eigenvalue weighted by Crippen LogP contribution is 2.56. The first-order valence-electron chi connectivity index (χ1n) is 13.8. The van der Waals surface area contributed by atoms with Gasteiger partial charge in [0.05, 0.1) is 0 Å². The average molecular weight is 497 g/mol. The average Bonchev–Trinajstić information content (AvgIpc) is 3.21. The third-order valence-corrected chi connectivity index (χ3v) is 8.81. The fourth-order valence-corrected chi connectivity index (χ4v) is 7.18. The molecule has 0 saturated carbocycles. The maximum absolute atomic E-state index is 2.42. The molecule has 0 heteroatoms. The SMILES string of the molecule is CC1(C)c2ccccc2-c2cc3ccccc3c(-c3c4ccccc4c(-c4ccccc4)c4ccccc34)c21. The number of rotatable bonds is 2. The van der Waals surface area contributed by atoms with Crippen LogP contribution < -0.4 is 0 Å². The van der Waals surface area contributed by atoms with Crippen molar-refractivity contribution in [2.24, 2.45) is 0 Å². The van der Waals surface area contributed by atoms with Gasteiger partial charge in [-0.2, -0.15) is 0 Å². The Morgan fingerprint density at radius 3 is 1.59 bits per heavy atom. The molecule has 0 saturated heterocycles. The lowest BCUT2D eigenvalue weighted by atomic mass is 9.75. The first-order chi connectivity index (χ1) is 19.1. The Morgan fingerprint density at radius 1 is 0.410 bits per heavy atom. The van der Waals surface area contributed by atoms with Gasteiger partial charge >= 0.3 is 0 Å². The summed E-state index contributed by atoms with van der Waals surface area (Å²) in [6.45, 7) is 4.80. The van der Waals surface area contributed by atoms with Gasteiger partial charge in [0.25, 0.3) is 0 Å². The second-order valence-electron chi connectivity index (χ2n) is 11.3. The number of hydrogen-bond acceptors (Lipinski definition) is 0. The van der Waals surface area contributed by atoms with Crippen LogP contribution in [0.15, 0.2) is 133 Å². The van der Waals surface area contributed by atoms with Crippen LogP contribution in [0.4, 0.5) is 0 Å². The van der Waals surface area contributed by atoms with Gasteiger partial charge in [-0.1, -0.05) is 141 Å². The zero-order valence-corrected chi connectivity index (χ0v) is 22.2. The molecule has 8 rings (SSSR count). The molecule has 0 bridgehead atoms. The Morgan fingerprint density at radius 2 is 0.923 bits per heavy atom. The summed E-state index contributed by atoms with van der Waals surface area (Å²) in [5.74, 6) is 0. The standard InChI is InChI=1S/C39H28/c1-39(2)34-23-13-12-18-28(34)33-24-26-16-6-7-17-27(26)37(38(33)39)36-31-21-10-8-19-29(31)35(25-14-4-3-5-15-25)30-20-9-11-22-32(30)36/h3-24H,1-2H3. The summed E-state index contributed by atoms with van der Waals surface area (Å²) in [7, 11) is 0. The van der Waals surface area contributed by atoms with Crippen molar-refractivity contribution < 1.29 is 0 Å². The van der Waals surface area contributed by atoms with Crippen molar-refractivity contribution in [3.8, 4) is 33.4 Å². The fraction of sp³-hybridized carbons (Fsp3) is 0.0769. The molecule has 7 aromatic carbocycles. The molecular formula is C39H28. The topological polar surface area (TPSA) is 0 Å². The zero-order valence-electron chi connectivity index (χ0n) is 22.2. The van der Waals surface area contributed by atoms with Gasteiger partial charge < -0.3 is 0 Å². The second-order valence-corrected chi connectivity index (χ2v) is 11.3. The molecular weight excluding hydrogens is 468 g/mol. The fourth-order valence-electron chi connectivity index (χ4n) is 7.18. The monoisotopic (exact) mass is 496 g/mol.